The first kappa shape index (κ1) is 18.1. The maximum absolute atomic E-state index is 6.18. The van der Waals surface area contributed by atoms with Crippen LogP contribution in [0, 0.1) is 0 Å². The lowest BCUT2D eigenvalue weighted by atomic mass is 10.1. The Morgan fingerprint density at radius 3 is 2.52 bits per heavy atom. The van der Waals surface area contributed by atoms with Crippen LogP contribution in [0.4, 0.5) is 0 Å². The standard InChI is InChI=1S/C17H17ClN2OS.ClH/c1-21-12-4-6-16-14(10-12)17(22-8-2-7-19)13-9-11(18)3-5-15(13)20-16;/h3-6,9-10H,2,7-8,19H2,1H3;1H. The summed E-state index contributed by atoms with van der Waals surface area (Å²) < 4.78 is 5.36. The van der Waals surface area contributed by atoms with Crippen LogP contribution in [0.1, 0.15) is 6.42 Å². The zero-order valence-corrected chi connectivity index (χ0v) is 15.1. The molecule has 0 saturated heterocycles. The van der Waals surface area contributed by atoms with E-state index in [1.165, 1.54) is 4.90 Å². The molecule has 0 radical (unpaired) electrons. The summed E-state index contributed by atoms with van der Waals surface area (Å²) in [6.07, 6.45) is 0.973. The van der Waals surface area contributed by atoms with Crippen molar-refractivity contribution in [3.05, 3.63) is 41.4 Å². The quantitative estimate of drug-likeness (QED) is 0.394. The van der Waals surface area contributed by atoms with E-state index in [1.807, 2.05) is 36.4 Å². The number of halogens is 2. The van der Waals surface area contributed by atoms with E-state index >= 15 is 0 Å². The number of fused-ring (bicyclic) bond motifs is 2. The SMILES string of the molecule is COc1ccc2nc3ccc(Cl)cc3c(SCCCN)c2c1.Cl. The Morgan fingerprint density at radius 2 is 1.83 bits per heavy atom. The second-order valence-corrected chi connectivity index (χ2v) is 6.52. The van der Waals surface area contributed by atoms with Crippen LogP contribution in [0.25, 0.3) is 21.8 Å². The summed E-state index contributed by atoms with van der Waals surface area (Å²) in [5.41, 5.74) is 7.54. The zero-order chi connectivity index (χ0) is 15.5. The van der Waals surface area contributed by atoms with E-state index in [0.29, 0.717) is 6.54 Å². The highest BCUT2D eigenvalue weighted by Gasteiger charge is 2.11. The zero-order valence-electron chi connectivity index (χ0n) is 12.7. The van der Waals surface area contributed by atoms with Crippen molar-refractivity contribution in [3.8, 4) is 5.75 Å². The Balaban J connectivity index is 0.00000192. The third-order valence-corrected chi connectivity index (χ3v) is 4.94. The molecule has 23 heavy (non-hydrogen) atoms. The summed E-state index contributed by atoms with van der Waals surface area (Å²) in [5, 5.41) is 2.89. The van der Waals surface area contributed by atoms with E-state index in [2.05, 4.69) is 0 Å². The number of benzene rings is 2. The van der Waals surface area contributed by atoms with Gasteiger partial charge in [0.15, 0.2) is 0 Å². The number of pyridine rings is 1. The Kier molecular flexibility index (Phi) is 6.36. The number of nitrogens with zero attached hydrogens (tertiary/aromatic N) is 1. The monoisotopic (exact) mass is 368 g/mol. The fraction of sp³-hybridized carbons (Fsp3) is 0.235. The number of thioether (sulfide) groups is 1. The average molecular weight is 369 g/mol. The molecule has 1 heterocycles. The molecule has 0 bridgehead atoms. The molecule has 3 nitrogen and oxygen atoms in total. The molecular formula is C17H18Cl2N2OS. The van der Waals surface area contributed by atoms with E-state index in [0.717, 1.165) is 44.8 Å². The van der Waals surface area contributed by atoms with Crippen LogP contribution in [0.3, 0.4) is 0 Å². The second-order valence-electron chi connectivity index (χ2n) is 4.98. The fourth-order valence-corrected chi connectivity index (χ4v) is 3.72. The highest BCUT2D eigenvalue weighted by Crippen LogP contribution is 2.37. The van der Waals surface area contributed by atoms with Gasteiger partial charge in [-0.3, -0.25) is 0 Å². The van der Waals surface area contributed by atoms with Crippen molar-refractivity contribution < 1.29 is 4.74 Å². The van der Waals surface area contributed by atoms with Crippen LogP contribution >= 0.6 is 35.8 Å². The molecule has 0 spiro atoms. The van der Waals surface area contributed by atoms with Crippen LogP contribution in [0.5, 0.6) is 5.75 Å². The molecule has 0 aliphatic rings. The lowest BCUT2D eigenvalue weighted by molar-refractivity contribution is 0.415. The van der Waals surface area contributed by atoms with Crippen LogP contribution in [-0.2, 0) is 0 Å². The minimum absolute atomic E-state index is 0. The summed E-state index contributed by atoms with van der Waals surface area (Å²) in [4.78, 5) is 5.92. The Morgan fingerprint density at radius 1 is 1.13 bits per heavy atom. The van der Waals surface area contributed by atoms with Crippen LogP contribution in [0.15, 0.2) is 41.3 Å². The van der Waals surface area contributed by atoms with E-state index < -0.39 is 0 Å². The topological polar surface area (TPSA) is 48.1 Å². The third-order valence-electron chi connectivity index (χ3n) is 3.49. The minimum Gasteiger partial charge on any atom is -0.497 e. The normalized spacial score (nSPS) is 10.7. The van der Waals surface area contributed by atoms with Gasteiger partial charge in [0.2, 0.25) is 0 Å². The molecule has 0 aliphatic heterocycles. The van der Waals surface area contributed by atoms with Gasteiger partial charge < -0.3 is 10.5 Å². The molecule has 1 aromatic heterocycles. The number of methoxy groups -OCH3 is 1. The molecule has 0 saturated carbocycles. The van der Waals surface area contributed by atoms with Crippen molar-refractivity contribution in [2.24, 2.45) is 5.73 Å². The third kappa shape index (κ3) is 3.83. The van der Waals surface area contributed by atoms with Gasteiger partial charge in [-0.15, -0.1) is 24.2 Å². The first-order valence-electron chi connectivity index (χ1n) is 7.13. The van der Waals surface area contributed by atoms with E-state index in [1.54, 1.807) is 18.9 Å². The van der Waals surface area contributed by atoms with Gasteiger partial charge in [0, 0.05) is 20.7 Å². The molecule has 0 amide bonds. The molecule has 0 aliphatic carbocycles. The van der Waals surface area contributed by atoms with Crippen molar-refractivity contribution in [3.63, 3.8) is 0 Å². The van der Waals surface area contributed by atoms with Gasteiger partial charge in [-0.2, -0.15) is 0 Å². The summed E-state index contributed by atoms with van der Waals surface area (Å²) in [6, 6.07) is 11.8. The van der Waals surface area contributed by atoms with Crippen molar-refractivity contribution >= 4 is 57.6 Å². The Bertz CT molecular complexity index is 826. The number of aromatic nitrogens is 1. The van der Waals surface area contributed by atoms with Gasteiger partial charge in [-0.1, -0.05) is 11.6 Å². The number of rotatable bonds is 5. The van der Waals surface area contributed by atoms with Gasteiger partial charge >= 0.3 is 0 Å². The van der Waals surface area contributed by atoms with Crippen molar-refractivity contribution in [1.82, 2.24) is 4.98 Å². The van der Waals surface area contributed by atoms with E-state index in [9.17, 15) is 0 Å². The molecule has 6 heteroatoms. The largest absolute Gasteiger partial charge is 0.497 e. The molecule has 0 atom stereocenters. The maximum Gasteiger partial charge on any atom is 0.119 e. The molecule has 2 aromatic carbocycles. The van der Waals surface area contributed by atoms with Crippen molar-refractivity contribution in [2.45, 2.75) is 11.3 Å². The molecule has 0 unspecified atom stereocenters. The van der Waals surface area contributed by atoms with Gasteiger partial charge in [-0.25, -0.2) is 4.98 Å². The van der Waals surface area contributed by atoms with E-state index in [-0.39, 0.29) is 12.4 Å². The van der Waals surface area contributed by atoms with Gasteiger partial charge in [-0.05, 0) is 55.1 Å². The van der Waals surface area contributed by atoms with Crippen molar-refractivity contribution in [2.75, 3.05) is 19.4 Å². The molecule has 122 valence electrons. The summed E-state index contributed by atoms with van der Waals surface area (Å²) in [5.74, 6) is 1.80. The maximum atomic E-state index is 6.18. The second kappa shape index (κ2) is 8.06. The van der Waals surface area contributed by atoms with E-state index in [4.69, 9.17) is 27.1 Å². The average Bonchev–Trinajstić information content (AvgIpc) is 2.54. The first-order chi connectivity index (χ1) is 10.7. The van der Waals surface area contributed by atoms with Gasteiger partial charge in [0.05, 0.1) is 18.1 Å². The molecule has 0 fully saturated rings. The van der Waals surface area contributed by atoms with Crippen molar-refractivity contribution in [1.29, 1.82) is 0 Å². The fourth-order valence-electron chi connectivity index (χ4n) is 2.40. The number of ether oxygens (including phenoxy) is 1. The molecular weight excluding hydrogens is 351 g/mol. The highest BCUT2D eigenvalue weighted by atomic mass is 35.5. The van der Waals surface area contributed by atoms with Crippen LogP contribution in [0.2, 0.25) is 5.02 Å². The molecule has 3 aromatic rings. The molecule has 3 rings (SSSR count). The van der Waals surface area contributed by atoms with Gasteiger partial charge in [0.25, 0.3) is 0 Å². The predicted octanol–water partition coefficient (Wildman–Crippen LogP) is 4.91. The smallest absolute Gasteiger partial charge is 0.119 e. The number of hydrogen-bond donors (Lipinski definition) is 1. The lowest BCUT2D eigenvalue weighted by Gasteiger charge is -2.12. The summed E-state index contributed by atoms with van der Waals surface area (Å²) >= 11 is 7.98. The highest BCUT2D eigenvalue weighted by molar-refractivity contribution is 7.99. The predicted molar refractivity (Wildman–Crippen MR) is 102 cm³/mol. The number of nitrogens with two attached hydrogens (primary N) is 1. The Labute approximate surface area is 151 Å². The van der Waals surface area contributed by atoms with Gasteiger partial charge in [0.1, 0.15) is 5.75 Å². The Hall–Kier alpha value is -1.20. The minimum atomic E-state index is 0. The summed E-state index contributed by atoms with van der Waals surface area (Å²) in [7, 11) is 1.67. The number of hydrogen-bond acceptors (Lipinski definition) is 4. The lowest BCUT2D eigenvalue weighted by Crippen LogP contribution is -1.99. The van der Waals surface area contributed by atoms with Crippen LogP contribution in [-0.4, -0.2) is 24.4 Å². The molecule has 2 N–H and O–H groups in total. The van der Waals surface area contributed by atoms with Crippen LogP contribution < -0.4 is 10.5 Å². The first-order valence-corrected chi connectivity index (χ1v) is 8.49. The summed E-state index contributed by atoms with van der Waals surface area (Å²) in [6.45, 7) is 0.692.